The van der Waals surface area contributed by atoms with E-state index in [-0.39, 0.29) is 5.76 Å². The minimum atomic E-state index is -5.09. The van der Waals surface area contributed by atoms with Crippen LogP contribution in [0, 0.1) is 11.6 Å². The maximum Gasteiger partial charge on any atom is 0.422 e. The lowest BCUT2D eigenvalue weighted by molar-refractivity contribution is -0.142. The lowest BCUT2D eigenvalue weighted by atomic mass is 10.1. The second kappa shape index (κ2) is 3.87. The van der Waals surface area contributed by atoms with E-state index in [2.05, 4.69) is 0 Å². The topological polar surface area (TPSA) is 13.1 Å². The summed E-state index contributed by atoms with van der Waals surface area (Å²) in [6.45, 7) is 0. The molecule has 0 saturated carbocycles. The predicted molar refractivity (Wildman–Crippen MR) is 49.1 cm³/mol. The van der Waals surface area contributed by atoms with Crippen LogP contribution in [0.25, 0.3) is 11.3 Å². The molecule has 0 aliphatic rings. The molecule has 0 atom stereocenters. The fourth-order valence-electron chi connectivity index (χ4n) is 1.43. The van der Waals surface area contributed by atoms with Gasteiger partial charge in [0.15, 0.2) is 0 Å². The molecule has 2 aromatic rings. The number of hydrogen-bond donors (Lipinski definition) is 0. The largest absolute Gasteiger partial charge is 0.464 e. The zero-order valence-electron chi connectivity index (χ0n) is 8.18. The van der Waals surface area contributed by atoms with E-state index in [0.717, 1.165) is 6.07 Å². The van der Waals surface area contributed by atoms with Gasteiger partial charge in [0.2, 0.25) is 0 Å². The monoisotopic (exact) mass is 248 g/mol. The van der Waals surface area contributed by atoms with Crippen LogP contribution in [-0.2, 0) is 6.18 Å². The molecular weight excluding hydrogens is 243 g/mol. The Labute approximate surface area is 92.5 Å². The van der Waals surface area contributed by atoms with Crippen LogP contribution in [0.4, 0.5) is 22.0 Å². The fraction of sp³-hybridized carbons (Fsp3) is 0.0909. The van der Waals surface area contributed by atoms with Gasteiger partial charge in [-0.25, -0.2) is 8.78 Å². The number of halogens is 5. The number of furan rings is 1. The molecule has 0 radical (unpaired) electrons. The van der Waals surface area contributed by atoms with Crippen LogP contribution >= 0.6 is 0 Å². The van der Waals surface area contributed by atoms with E-state index in [1.807, 2.05) is 0 Å². The van der Waals surface area contributed by atoms with Gasteiger partial charge < -0.3 is 4.42 Å². The molecule has 6 heteroatoms. The second-order valence-electron chi connectivity index (χ2n) is 3.26. The summed E-state index contributed by atoms with van der Waals surface area (Å²) in [5, 5.41) is 0. The van der Waals surface area contributed by atoms with Crippen molar-refractivity contribution in [3.63, 3.8) is 0 Å². The number of hydrogen-bond acceptors (Lipinski definition) is 1. The van der Waals surface area contributed by atoms with Gasteiger partial charge >= 0.3 is 6.18 Å². The molecule has 2 rings (SSSR count). The van der Waals surface area contributed by atoms with Crippen molar-refractivity contribution in [3.05, 3.63) is 47.7 Å². The van der Waals surface area contributed by atoms with Gasteiger partial charge in [0.25, 0.3) is 0 Å². The van der Waals surface area contributed by atoms with Crippen LogP contribution in [0.1, 0.15) is 5.56 Å². The van der Waals surface area contributed by atoms with Crippen LogP contribution in [0.2, 0.25) is 0 Å². The third-order valence-corrected chi connectivity index (χ3v) is 2.16. The third-order valence-electron chi connectivity index (χ3n) is 2.16. The summed E-state index contributed by atoms with van der Waals surface area (Å²) in [5.74, 6) is -3.41. The lowest BCUT2D eigenvalue weighted by Gasteiger charge is -2.11. The quantitative estimate of drug-likeness (QED) is 0.688. The predicted octanol–water partition coefficient (Wildman–Crippen LogP) is 4.24. The molecule has 0 aliphatic heterocycles. The Morgan fingerprint density at radius 2 is 1.71 bits per heavy atom. The SMILES string of the molecule is Fc1ccc(-c2ccco2)c(F)c1C(F)(F)F. The molecule has 1 heterocycles. The molecule has 0 amide bonds. The van der Waals surface area contributed by atoms with Gasteiger partial charge in [-0.1, -0.05) is 0 Å². The summed E-state index contributed by atoms with van der Waals surface area (Å²) in [6, 6.07) is 4.14. The lowest BCUT2D eigenvalue weighted by Crippen LogP contribution is -2.12. The molecule has 1 nitrogen and oxygen atoms in total. The van der Waals surface area contributed by atoms with E-state index < -0.39 is 28.9 Å². The Balaban J connectivity index is 2.66. The molecule has 0 fully saturated rings. The van der Waals surface area contributed by atoms with Gasteiger partial charge in [0.1, 0.15) is 23.0 Å². The van der Waals surface area contributed by atoms with Crippen molar-refractivity contribution in [1.29, 1.82) is 0 Å². The summed E-state index contributed by atoms with van der Waals surface area (Å²) < 4.78 is 68.6. The van der Waals surface area contributed by atoms with Crippen LogP contribution in [0.3, 0.4) is 0 Å². The highest BCUT2D eigenvalue weighted by Gasteiger charge is 2.39. The number of alkyl halides is 3. The van der Waals surface area contributed by atoms with E-state index in [4.69, 9.17) is 4.42 Å². The standard InChI is InChI=1S/C11H5F5O/c12-7-4-3-6(8-2-1-5-17-8)10(13)9(7)11(14,15)16/h1-5H. The van der Waals surface area contributed by atoms with Crippen LogP contribution in [0.5, 0.6) is 0 Å². The first-order valence-electron chi connectivity index (χ1n) is 4.50. The Hall–Kier alpha value is -1.85. The van der Waals surface area contributed by atoms with Crippen molar-refractivity contribution >= 4 is 0 Å². The average molecular weight is 248 g/mol. The van der Waals surface area contributed by atoms with Crippen molar-refractivity contribution in [2.75, 3.05) is 0 Å². The highest BCUT2D eigenvalue weighted by Crippen LogP contribution is 2.37. The maximum absolute atomic E-state index is 13.6. The first-order chi connectivity index (χ1) is 7.91. The van der Waals surface area contributed by atoms with Crippen LogP contribution in [0.15, 0.2) is 34.9 Å². The average Bonchev–Trinajstić information content (AvgIpc) is 2.68. The molecule has 0 spiro atoms. The third kappa shape index (κ3) is 2.02. The van der Waals surface area contributed by atoms with Gasteiger partial charge in [0.05, 0.1) is 11.8 Å². The highest BCUT2D eigenvalue weighted by molar-refractivity contribution is 5.59. The van der Waals surface area contributed by atoms with Gasteiger partial charge in [-0.3, -0.25) is 0 Å². The fourth-order valence-corrected chi connectivity index (χ4v) is 1.43. The minimum absolute atomic E-state index is 0.0898. The summed E-state index contributed by atoms with van der Waals surface area (Å²) >= 11 is 0. The summed E-state index contributed by atoms with van der Waals surface area (Å²) in [4.78, 5) is 0. The van der Waals surface area contributed by atoms with Crippen molar-refractivity contribution < 1.29 is 26.4 Å². The Bertz CT molecular complexity index is 528. The highest BCUT2D eigenvalue weighted by atomic mass is 19.4. The molecule has 17 heavy (non-hydrogen) atoms. The summed E-state index contributed by atoms with van der Waals surface area (Å²) in [6.07, 6.45) is -3.90. The van der Waals surface area contributed by atoms with Crippen LogP contribution < -0.4 is 0 Å². The van der Waals surface area contributed by atoms with Gasteiger partial charge in [0, 0.05) is 0 Å². The van der Waals surface area contributed by atoms with Crippen molar-refractivity contribution in [3.8, 4) is 11.3 Å². The van der Waals surface area contributed by atoms with Gasteiger partial charge in [-0.05, 0) is 24.3 Å². The zero-order chi connectivity index (χ0) is 12.6. The molecular formula is C11H5F5O. The molecule has 0 bridgehead atoms. The molecule has 1 aromatic carbocycles. The molecule has 90 valence electrons. The van der Waals surface area contributed by atoms with Crippen molar-refractivity contribution in [2.24, 2.45) is 0 Å². The minimum Gasteiger partial charge on any atom is -0.464 e. The van der Waals surface area contributed by atoms with Crippen molar-refractivity contribution in [1.82, 2.24) is 0 Å². The van der Waals surface area contributed by atoms with Crippen LogP contribution in [-0.4, -0.2) is 0 Å². The molecule has 1 aromatic heterocycles. The summed E-state index contributed by atoms with van der Waals surface area (Å²) in [5.41, 5.74) is -2.34. The zero-order valence-corrected chi connectivity index (χ0v) is 8.18. The number of rotatable bonds is 1. The van der Waals surface area contributed by atoms with E-state index in [1.165, 1.54) is 18.4 Å². The first-order valence-corrected chi connectivity index (χ1v) is 4.50. The molecule has 0 saturated heterocycles. The molecule has 0 aliphatic carbocycles. The smallest absolute Gasteiger partial charge is 0.422 e. The normalized spacial score (nSPS) is 11.8. The Morgan fingerprint density at radius 1 is 1.00 bits per heavy atom. The van der Waals surface area contributed by atoms with E-state index in [9.17, 15) is 22.0 Å². The van der Waals surface area contributed by atoms with Gasteiger partial charge in [-0.15, -0.1) is 0 Å². The Kier molecular flexibility index (Phi) is 2.65. The van der Waals surface area contributed by atoms with Gasteiger partial charge in [-0.2, -0.15) is 13.2 Å². The second-order valence-corrected chi connectivity index (χ2v) is 3.26. The number of benzene rings is 1. The molecule has 0 unspecified atom stereocenters. The summed E-state index contributed by atoms with van der Waals surface area (Å²) in [7, 11) is 0. The maximum atomic E-state index is 13.6. The van der Waals surface area contributed by atoms with E-state index in [0.29, 0.717) is 6.07 Å². The first kappa shape index (κ1) is 11.6. The Morgan fingerprint density at radius 3 is 2.24 bits per heavy atom. The van der Waals surface area contributed by atoms with Crippen molar-refractivity contribution in [2.45, 2.75) is 6.18 Å². The van der Waals surface area contributed by atoms with E-state index in [1.54, 1.807) is 0 Å². The molecule has 0 N–H and O–H groups in total. The van der Waals surface area contributed by atoms with E-state index >= 15 is 0 Å².